The van der Waals surface area contributed by atoms with Gasteiger partial charge in [-0.15, -0.1) is 0 Å². The molecule has 5 heteroatoms. The third kappa shape index (κ3) is 3.32. The Hall–Kier alpha value is -1.13. The molecule has 0 aliphatic heterocycles. The summed E-state index contributed by atoms with van der Waals surface area (Å²) in [6.45, 7) is 0. The zero-order valence-corrected chi connectivity index (χ0v) is 7.28. The molecule has 0 spiro atoms. The highest BCUT2D eigenvalue weighted by Gasteiger charge is 2.02. The van der Waals surface area contributed by atoms with Crippen LogP contribution in [-0.2, 0) is 0 Å². The van der Waals surface area contributed by atoms with E-state index in [0.717, 1.165) is 0 Å². The number of nitro groups is 1. The summed E-state index contributed by atoms with van der Waals surface area (Å²) < 4.78 is 0. The molecule has 0 saturated carbocycles. The predicted octanol–water partition coefficient (Wildman–Crippen LogP) is 1.82. The highest BCUT2D eigenvalue weighted by atomic mass is 35.5. The molecule has 1 rings (SSSR count). The summed E-state index contributed by atoms with van der Waals surface area (Å²) in [5.74, 6) is 0. The van der Waals surface area contributed by atoms with Crippen LogP contribution in [0.1, 0.15) is 0 Å². The molecule has 0 fully saturated rings. The van der Waals surface area contributed by atoms with Crippen molar-refractivity contribution in [3.8, 4) is 0 Å². The zero-order chi connectivity index (χ0) is 9.56. The van der Waals surface area contributed by atoms with Gasteiger partial charge in [-0.05, 0) is 13.1 Å². The second-order valence-corrected chi connectivity index (χ2v) is 2.17. The molecule has 0 unspecified atom stereocenters. The Balaban J connectivity index is 0.000000561. The van der Waals surface area contributed by atoms with E-state index in [-0.39, 0.29) is 5.69 Å². The number of rotatable bonds is 1. The summed E-state index contributed by atoms with van der Waals surface area (Å²) in [6, 6.07) is 5.84. The van der Waals surface area contributed by atoms with Crippen molar-refractivity contribution in [2.45, 2.75) is 0 Å². The average molecular weight is 189 g/mol. The molecule has 0 aliphatic carbocycles. The molecule has 0 aliphatic rings. The number of nitrogens with two attached hydrogens (primary N) is 1. The summed E-state index contributed by atoms with van der Waals surface area (Å²) in [7, 11) is 1.50. The second-order valence-electron chi connectivity index (χ2n) is 1.74. The van der Waals surface area contributed by atoms with Crippen LogP contribution in [0, 0.1) is 10.1 Å². The van der Waals surface area contributed by atoms with E-state index in [1.165, 1.54) is 19.2 Å². The molecule has 1 aromatic rings. The van der Waals surface area contributed by atoms with E-state index in [0.29, 0.717) is 5.02 Å². The maximum atomic E-state index is 10.1. The van der Waals surface area contributed by atoms with Gasteiger partial charge in [0.25, 0.3) is 5.69 Å². The molecule has 0 bridgehead atoms. The normalized spacial score (nSPS) is 8.25. The Kier molecular flexibility index (Phi) is 4.99. The first-order valence-corrected chi connectivity index (χ1v) is 3.55. The third-order valence-electron chi connectivity index (χ3n) is 1.02. The quantitative estimate of drug-likeness (QED) is 0.540. The number of hydrogen-bond acceptors (Lipinski definition) is 3. The van der Waals surface area contributed by atoms with Gasteiger partial charge in [0.15, 0.2) is 0 Å². The molecule has 0 aromatic heterocycles. The minimum absolute atomic E-state index is 0.0208. The van der Waals surface area contributed by atoms with Crippen LogP contribution in [0.4, 0.5) is 5.69 Å². The molecule has 0 saturated heterocycles. The van der Waals surface area contributed by atoms with Crippen molar-refractivity contribution in [3.05, 3.63) is 39.4 Å². The molecule has 0 amide bonds. The van der Waals surface area contributed by atoms with E-state index >= 15 is 0 Å². The van der Waals surface area contributed by atoms with Gasteiger partial charge < -0.3 is 5.73 Å². The first kappa shape index (κ1) is 10.9. The number of non-ortho nitro benzene ring substituents is 1. The average Bonchev–Trinajstić information content (AvgIpc) is 2.08. The van der Waals surface area contributed by atoms with Crippen molar-refractivity contribution in [3.63, 3.8) is 0 Å². The fourth-order valence-corrected chi connectivity index (χ4v) is 0.774. The number of nitro benzene ring substituents is 1. The van der Waals surface area contributed by atoms with Crippen LogP contribution in [0.5, 0.6) is 0 Å². The first-order valence-electron chi connectivity index (χ1n) is 3.18. The zero-order valence-electron chi connectivity index (χ0n) is 6.53. The Morgan fingerprint density at radius 3 is 2.42 bits per heavy atom. The monoisotopic (exact) mass is 188 g/mol. The molecular weight excluding hydrogens is 180 g/mol. The highest BCUT2D eigenvalue weighted by Crippen LogP contribution is 2.16. The molecule has 0 radical (unpaired) electrons. The van der Waals surface area contributed by atoms with Crippen molar-refractivity contribution in [2.75, 3.05) is 7.05 Å². The Morgan fingerprint density at radius 1 is 1.50 bits per heavy atom. The van der Waals surface area contributed by atoms with Crippen LogP contribution in [0.25, 0.3) is 0 Å². The van der Waals surface area contributed by atoms with Crippen LogP contribution < -0.4 is 5.73 Å². The lowest BCUT2D eigenvalue weighted by Crippen LogP contribution is -1.85. The number of hydrogen-bond donors (Lipinski definition) is 1. The SMILES string of the molecule is CN.O=[N+]([O-])c1cccc(Cl)c1. The Labute approximate surface area is 75.1 Å². The largest absolute Gasteiger partial charge is 0.333 e. The first-order chi connectivity index (χ1) is 5.70. The van der Waals surface area contributed by atoms with E-state index in [2.05, 4.69) is 5.73 Å². The maximum Gasteiger partial charge on any atom is 0.270 e. The number of nitrogens with zero attached hydrogens (tertiary/aromatic N) is 1. The molecule has 0 heterocycles. The maximum absolute atomic E-state index is 10.1. The van der Waals surface area contributed by atoms with Gasteiger partial charge in [-0.1, -0.05) is 17.7 Å². The van der Waals surface area contributed by atoms with Gasteiger partial charge in [-0.25, -0.2) is 0 Å². The van der Waals surface area contributed by atoms with Crippen molar-refractivity contribution in [1.29, 1.82) is 0 Å². The van der Waals surface area contributed by atoms with Gasteiger partial charge in [0.1, 0.15) is 0 Å². The van der Waals surface area contributed by atoms with E-state index in [4.69, 9.17) is 11.6 Å². The molecule has 66 valence electrons. The van der Waals surface area contributed by atoms with Crippen LogP contribution in [0.2, 0.25) is 5.02 Å². The van der Waals surface area contributed by atoms with Gasteiger partial charge in [0.05, 0.1) is 4.92 Å². The fraction of sp³-hybridized carbons (Fsp3) is 0.143. The molecule has 12 heavy (non-hydrogen) atoms. The smallest absolute Gasteiger partial charge is 0.270 e. The Morgan fingerprint density at radius 2 is 2.08 bits per heavy atom. The van der Waals surface area contributed by atoms with Crippen LogP contribution in [-0.4, -0.2) is 12.0 Å². The van der Waals surface area contributed by atoms with Crippen molar-refractivity contribution in [2.24, 2.45) is 5.73 Å². The molecular formula is C7H9ClN2O2. The Bertz CT molecular complexity index is 265. The summed E-state index contributed by atoms with van der Waals surface area (Å²) in [6.07, 6.45) is 0. The lowest BCUT2D eigenvalue weighted by Gasteiger charge is -1.89. The summed E-state index contributed by atoms with van der Waals surface area (Å²) >= 11 is 5.48. The van der Waals surface area contributed by atoms with Crippen LogP contribution >= 0.6 is 11.6 Å². The number of halogens is 1. The minimum atomic E-state index is -0.480. The molecule has 4 nitrogen and oxygen atoms in total. The van der Waals surface area contributed by atoms with Crippen molar-refractivity contribution >= 4 is 17.3 Å². The predicted molar refractivity (Wildman–Crippen MR) is 48.2 cm³/mol. The summed E-state index contributed by atoms with van der Waals surface area (Å²) in [5, 5.41) is 10.5. The van der Waals surface area contributed by atoms with E-state index in [1.54, 1.807) is 12.1 Å². The van der Waals surface area contributed by atoms with E-state index in [1.807, 2.05) is 0 Å². The minimum Gasteiger partial charge on any atom is -0.333 e. The lowest BCUT2D eigenvalue weighted by atomic mass is 10.3. The molecule has 1 aromatic carbocycles. The standard InChI is InChI=1S/C6H4ClNO2.CH5N/c7-5-2-1-3-6(4-5)8(9)10;1-2/h1-4H;2H2,1H3. The van der Waals surface area contributed by atoms with Crippen LogP contribution in [0.3, 0.4) is 0 Å². The highest BCUT2D eigenvalue weighted by molar-refractivity contribution is 6.30. The van der Waals surface area contributed by atoms with E-state index < -0.39 is 4.92 Å². The molecule has 2 N–H and O–H groups in total. The van der Waals surface area contributed by atoms with Gasteiger partial charge in [0, 0.05) is 17.2 Å². The lowest BCUT2D eigenvalue weighted by molar-refractivity contribution is -0.384. The van der Waals surface area contributed by atoms with Gasteiger partial charge >= 0.3 is 0 Å². The van der Waals surface area contributed by atoms with Crippen molar-refractivity contribution < 1.29 is 4.92 Å². The molecule has 0 atom stereocenters. The fourth-order valence-electron chi connectivity index (χ4n) is 0.590. The van der Waals surface area contributed by atoms with Crippen molar-refractivity contribution in [1.82, 2.24) is 0 Å². The number of benzene rings is 1. The van der Waals surface area contributed by atoms with Gasteiger partial charge in [0.2, 0.25) is 0 Å². The third-order valence-corrected chi connectivity index (χ3v) is 1.25. The van der Waals surface area contributed by atoms with Gasteiger partial charge in [-0.3, -0.25) is 10.1 Å². The van der Waals surface area contributed by atoms with E-state index in [9.17, 15) is 10.1 Å². The van der Waals surface area contributed by atoms with Gasteiger partial charge in [-0.2, -0.15) is 0 Å². The van der Waals surface area contributed by atoms with Crippen LogP contribution in [0.15, 0.2) is 24.3 Å². The summed E-state index contributed by atoms with van der Waals surface area (Å²) in [5.41, 5.74) is 4.52. The second kappa shape index (κ2) is 5.51. The summed E-state index contributed by atoms with van der Waals surface area (Å²) in [4.78, 5) is 9.62. The topological polar surface area (TPSA) is 69.2 Å².